The van der Waals surface area contributed by atoms with Gasteiger partial charge in [0.2, 0.25) is 0 Å². The Balaban J connectivity index is 4.10. The van der Waals surface area contributed by atoms with Crippen LogP contribution in [0.25, 0.3) is 0 Å². The Morgan fingerprint density at radius 1 is 0.538 bits per heavy atom. The summed E-state index contributed by atoms with van der Waals surface area (Å²) < 4.78 is 32.3. The van der Waals surface area contributed by atoms with Crippen LogP contribution in [0.3, 0.4) is 0 Å². The highest BCUT2D eigenvalue weighted by Crippen LogP contribution is 2.43. The number of ether oxygens (including phenoxy) is 2. The van der Waals surface area contributed by atoms with Crippen LogP contribution in [0, 0.1) is 0 Å². The lowest BCUT2D eigenvalue weighted by molar-refractivity contribution is -0.153. The molecule has 0 bridgehead atoms. The van der Waals surface area contributed by atoms with Crippen molar-refractivity contribution in [2.75, 3.05) is 26.4 Å². The van der Waals surface area contributed by atoms with Gasteiger partial charge in [-0.1, -0.05) is 145 Å². The van der Waals surface area contributed by atoms with Gasteiger partial charge in [0.1, 0.15) is 12.2 Å². The molecule has 298 valence electrons. The summed E-state index contributed by atoms with van der Waals surface area (Å²) in [6.45, 7) is 1.96. The summed E-state index contributed by atoms with van der Waals surface area (Å²) in [5, 5.41) is 19.1. The summed E-state index contributed by atoms with van der Waals surface area (Å²) in [4.78, 5) is 34.3. The summed E-state index contributed by atoms with van der Waals surface area (Å²) in [5.41, 5.74) is 0. The van der Waals surface area contributed by atoms with Crippen molar-refractivity contribution in [1.82, 2.24) is 0 Å². The first-order valence-corrected chi connectivity index (χ1v) is 20.9. The third-order valence-electron chi connectivity index (χ3n) is 7.70. The van der Waals surface area contributed by atoms with Crippen LogP contribution in [0.5, 0.6) is 0 Å². The van der Waals surface area contributed by atoms with Crippen LogP contribution < -0.4 is 0 Å². The molecule has 0 saturated carbocycles. The Kier molecular flexibility index (Phi) is 34.9. The summed E-state index contributed by atoms with van der Waals surface area (Å²) in [5.74, 6) is -1.11. The lowest BCUT2D eigenvalue weighted by atomic mass is 10.1. The van der Waals surface area contributed by atoms with Crippen LogP contribution in [0.1, 0.15) is 136 Å². The largest absolute Gasteiger partial charge is 0.472 e. The first kappa shape index (κ1) is 49.4. The Morgan fingerprint density at radius 2 is 0.904 bits per heavy atom. The molecule has 0 aliphatic heterocycles. The van der Waals surface area contributed by atoms with Crippen LogP contribution >= 0.6 is 7.82 Å². The zero-order valence-electron chi connectivity index (χ0n) is 32.0. The van der Waals surface area contributed by atoms with Crippen molar-refractivity contribution in [2.24, 2.45) is 0 Å². The highest BCUT2D eigenvalue weighted by atomic mass is 31.2. The lowest BCUT2D eigenvalue weighted by Gasteiger charge is -2.20. The monoisotopic (exact) mass is 752 g/mol. The second-order valence-electron chi connectivity index (χ2n) is 12.5. The normalized spacial score (nSPS) is 14.8. The molecule has 3 unspecified atom stereocenters. The van der Waals surface area contributed by atoms with Gasteiger partial charge in [0, 0.05) is 12.8 Å². The maximum Gasteiger partial charge on any atom is 0.472 e. The van der Waals surface area contributed by atoms with Gasteiger partial charge in [0.15, 0.2) is 0 Å². The zero-order chi connectivity index (χ0) is 38.4. The molecule has 0 aromatic heterocycles. The molecule has 0 aromatic rings. The minimum Gasteiger partial charge on any atom is -0.457 e. The van der Waals surface area contributed by atoms with E-state index >= 15 is 0 Å². The second kappa shape index (κ2) is 36.8. The minimum absolute atomic E-state index is 0.0641. The fourth-order valence-electron chi connectivity index (χ4n) is 4.73. The predicted octanol–water partition coefficient (Wildman–Crippen LogP) is 9.72. The van der Waals surface area contributed by atoms with E-state index in [2.05, 4.69) is 68.5 Å². The molecule has 0 amide bonds. The summed E-state index contributed by atoms with van der Waals surface area (Å²) in [6.07, 6.45) is 40.4. The van der Waals surface area contributed by atoms with Crippen LogP contribution in [0.4, 0.5) is 0 Å². The van der Waals surface area contributed by atoms with Gasteiger partial charge < -0.3 is 24.6 Å². The third kappa shape index (κ3) is 34.5. The van der Waals surface area contributed by atoms with Gasteiger partial charge >= 0.3 is 19.8 Å². The van der Waals surface area contributed by atoms with Gasteiger partial charge in [0.05, 0.1) is 26.4 Å². The van der Waals surface area contributed by atoms with E-state index in [-0.39, 0.29) is 12.8 Å². The van der Waals surface area contributed by atoms with Crippen LogP contribution in [0.2, 0.25) is 0 Å². The zero-order valence-corrected chi connectivity index (χ0v) is 32.9. The molecule has 10 nitrogen and oxygen atoms in total. The number of aliphatic hydroxyl groups is 2. The first-order chi connectivity index (χ1) is 25.3. The fraction of sp³-hybridized carbons (Fsp3) is 0.659. The quantitative estimate of drug-likeness (QED) is 0.0247. The van der Waals surface area contributed by atoms with Gasteiger partial charge in [0.25, 0.3) is 0 Å². The number of rotatable bonds is 35. The molecule has 11 heteroatoms. The van der Waals surface area contributed by atoms with Crippen LogP contribution in [0.15, 0.2) is 72.9 Å². The molecular weight excluding hydrogens is 683 g/mol. The molecule has 52 heavy (non-hydrogen) atoms. The number of esters is 2. The molecule has 0 aliphatic carbocycles. The Labute approximate surface area is 314 Å². The third-order valence-corrected chi connectivity index (χ3v) is 8.65. The Hall–Kier alpha value is -2.59. The number of hydrogen-bond donors (Lipinski definition) is 3. The van der Waals surface area contributed by atoms with Gasteiger partial charge in [-0.05, 0) is 51.4 Å². The summed E-state index contributed by atoms with van der Waals surface area (Å²) in [7, 11) is -4.65. The van der Waals surface area contributed by atoms with Gasteiger partial charge in [-0.3, -0.25) is 18.6 Å². The van der Waals surface area contributed by atoms with E-state index in [4.69, 9.17) is 18.5 Å². The predicted molar refractivity (Wildman–Crippen MR) is 210 cm³/mol. The topological polar surface area (TPSA) is 149 Å². The number of hydrogen-bond acceptors (Lipinski definition) is 9. The highest BCUT2D eigenvalue weighted by molar-refractivity contribution is 7.47. The molecule has 0 spiro atoms. The minimum atomic E-state index is -4.65. The van der Waals surface area contributed by atoms with Crippen molar-refractivity contribution >= 4 is 19.8 Å². The number of phosphoric acid groups is 1. The van der Waals surface area contributed by atoms with E-state index in [1.807, 2.05) is 18.2 Å². The van der Waals surface area contributed by atoms with Crippen molar-refractivity contribution in [3.8, 4) is 0 Å². The van der Waals surface area contributed by atoms with E-state index in [0.29, 0.717) is 12.8 Å². The fourth-order valence-corrected chi connectivity index (χ4v) is 5.51. The van der Waals surface area contributed by atoms with E-state index in [9.17, 15) is 29.3 Å². The van der Waals surface area contributed by atoms with Crippen LogP contribution in [-0.4, -0.2) is 65.7 Å². The lowest BCUT2D eigenvalue weighted by Crippen LogP contribution is -2.28. The van der Waals surface area contributed by atoms with Crippen molar-refractivity contribution < 1.29 is 47.8 Å². The van der Waals surface area contributed by atoms with Gasteiger partial charge in [-0.25, -0.2) is 4.57 Å². The van der Waals surface area contributed by atoms with Gasteiger partial charge in [-0.2, -0.15) is 0 Å². The molecule has 0 rings (SSSR count). The summed E-state index contributed by atoms with van der Waals surface area (Å²) in [6, 6.07) is 0. The number of allylic oxidation sites excluding steroid dienone is 12. The van der Waals surface area contributed by atoms with E-state index in [0.717, 1.165) is 57.8 Å². The van der Waals surface area contributed by atoms with E-state index < -0.39 is 58.4 Å². The van der Waals surface area contributed by atoms with Crippen molar-refractivity contribution in [1.29, 1.82) is 0 Å². The number of unbranched alkanes of at least 4 members (excludes halogenated alkanes) is 9. The van der Waals surface area contributed by atoms with Crippen LogP contribution in [-0.2, 0) is 32.7 Å². The van der Waals surface area contributed by atoms with Crippen molar-refractivity contribution in [3.05, 3.63) is 72.9 Å². The summed E-state index contributed by atoms with van der Waals surface area (Å²) >= 11 is 0. The maximum absolute atomic E-state index is 12.3. The SMILES string of the molecule is CC/C=C\C/C=C\C/C=C\C/C=C\C/C=C\C/C=C\CCC(=O)OC(CO)COP(=O)(O)OCC(CO)OC(=O)CCCCCCCCCCCC. The molecular formula is C41H69O10P. The molecule has 0 aliphatic rings. The molecule has 3 N–H and O–H groups in total. The Morgan fingerprint density at radius 3 is 1.31 bits per heavy atom. The van der Waals surface area contributed by atoms with Gasteiger partial charge in [-0.15, -0.1) is 0 Å². The molecule has 0 heterocycles. The molecule has 0 fully saturated rings. The van der Waals surface area contributed by atoms with Crippen molar-refractivity contribution in [2.45, 2.75) is 148 Å². The second-order valence-corrected chi connectivity index (χ2v) is 14.0. The molecule has 0 saturated heterocycles. The number of carbonyl (C=O) groups is 2. The Bertz CT molecular complexity index is 1100. The first-order valence-electron chi connectivity index (χ1n) is 19.4. The highest BCUT2D eigenvalue weighted by Gasteiger charge is 2.27. The van der Waals surface area contributed by atoms with E-state index in [1.54, 1.807) is 0 Å². The smallest absolute Gasteiger partial charge is 0.457 e. The number of carbonyl (C=O) groups excluding carboxylic acids is 2. The number of phosphoric ester groups is 1. The molecule has 0 aromatic carbocycles. The van der Waals surface area contributed by atoms with E-state index in [1.165, 1.54) is 38.5 Å². The maximum atomic E-state index is 12.3. The molecule has 0 radical (unpaired) electrons. The van der Waals surface area contributed by atoms with Crippen molar-refractivity contribution in [3.63, 3.8) is 0 Å². The average Bonchev–Trinajstić information content (AvgIpc) is 3.13. The molecule has 3 atom stereocenters. The number of aliphatic hydroxyl groups excluding tert-OH is 2. The standard InChI is InChI=1S/C41H69O10P/c1-3-5-7-9-11-13-15-16-17-18-19-20-21-22-23-25-27-29-31-33-41(45)51-39(35-43)37-49-52(46,47)48-36-38(34-42)50-40(44)32-30-28-26-24-14-12-10-8-6-4-2/h5,7,11,13,16-17,19-20,22-23,27,29,38-39,42-43H,3-4,6,8-10,12,14-15,18,21,24-26,28,30-37H2,1-2H3,(H,46,47)/b7-5-,13-11-,17-16-,20-19-,23-22-,29-27-. The average molecular weight is 753 g/mol.